The molecule has 2 aromatic rings. The molecule has 0 spiro atoms. The highest BCUT2D eigenvalue weighted by atomic mass is 35.5. The molecule has 0 saturated carbocycles. The summed E-state index contributed by atoms with van der Waals surface area (Å²) in [7, 11) is -4.10. The van der Waals surface area contributed by atoms with Crippen molar-refractivity contribution in [2.75, 3.05) is 13.2 Å². The number of hydrogen-bond donors (Lipinski definition) is 1. The lowest BCUT2D eigenvalue weighted by molar-refractivity contribution is -0.141. The molecular formula is C17H16ClNO5S. The quantitative estimate of drug-likeness (QED) is 0.587. The second kappa shape index (κ2) is 8.24. The summed E-state index contributed by atoms with van der Waals surface area (Å²) in [5, 5.41) is 0.226. The summed E-state index contributed by atoms with van der Waals surface area (Å²) in [6, 6.07) is 12.1. The van der Waals surface area contributed by atoms with E-state index in [0.717, 1.165) is 0 Å². The van der Waals surface area contributed by atoms with Gasteiger partial charge >= 0.3 is 5.97 Å². The molecule has 132 valence electrons. The molecule has 0 fully saturated rings. The fourth-order valence-electron chi connectivity index (χ4n) is 2.10. The van der Waals surface area contributed by atoms with Crippen LogP contribution in [0.15, 0.2) is 53.4 Å². The van der Waals surface area contributed by atoms with E-state index in [1.807, 2.05) is 0 Å². The predicted octanol–water partition coefficient (Wildman–Crippen LogP) is 2.41. The lowest BCUT2D eigenvalue weighted by Crippen LogP contribution is -2.31. The molecule has 0 bridgehead atoms. The molecule has 0 heterocycles. The molecule has 2 rings (SSSR count). The van der Waals surface area contributed by atoms with Crippen molar-refractivity contribution in [3.63, 3.8) is 0 Å². The highest BCUT2D eigenvalue weighted by Gasteiger charge is 2.24. The average Bonchev–Trinajstić information content (AvgIpc) is 2.60. The maximum absolute atomic E-state index is 12.7. The highest BCUT2D eigenvalue weighted by Crippen LogP contribution is 2.23. The van der Waals surface area contributed by atoms with Gasteiger partial charge in [0.2, 0.25) is 10.0 Å². The number of sulfonamides is 1. The van der Waals surface area contributed by atoms with E-state index >= 15 is 0 Å². The van der Waals surface area contributed by atoms with Gasteiger partial charge < -0.3 is 4.74 Å². The van der Waals surface area contributed by atoms with Gasteiger partial charge in [-0.05, 0) is 25.1 Å². The van der Waals surface area contributed by atoms with Crippen molar-refractivity contribution >= 4 is 33.4 Å². The van der Waals surface area contributed by atoms with Crippen LogP contribution >= 0.6 is 11.6 Å². The van der Waals surface area contributed by atoms with Crippen LogP contribution in [0.2, 0.25) is 5.02 Å². The first-order valence-corrected chi connectivity index (χ1v) is 9.26. The Kier molecular flexibility index (Phi) is 6.30. The monoisotopic (exact) mass is 381 g/mol. The minimum atomic E-state index is -4.10. The predicted molar refractivity (Wildman–Crippen MR) is 93.1 cm³/mol. The van der Waals surface area contributed by atoms with Crippen molar-refractivity contribution in [3.8, 4) is 0 Å². The smallest absolute Gasteiger partial charge is 0.321 e. The largest absolute Gasteiger partial charge is 0.465 e. The summed E-state index contributed by atoms with van der Waals surface area (Å²) < 4.78 is 31.8. The van der Waals surface area contributed by atoms with Crippen molar-refractivity contribution < 1.29 is 22.7 Å². The van der Waals surface area contributed by atoms with Gasteiger partial charge in [0.15, 0.2) is 5.78 Å². The molecule has 1 N–H and O–H groups in total. The summed E-state index contributed by atoms with van der Waals surface area (Å²) in [5.41, 5.74) is 0.252. The first kappa shape index (κ1) is 19.1. The van der Waals surface area contributed by atoms with Crippen molar-refractivity contribution in [2.24, 2.45) is 0 Å². The number of carbonyl (C=O) groups is 2. The first-order valence-electron chi connectivity index (χ1n) is 7.39. The van der Waals surface area contributed by atoms with Crippen molar-refractivity contribution in [2.45, 2.75) is 11.8 Å². The van der Waals surface area contributed by atoms with E-state index in [1.54, 1.807) is 37.3 Å². The minimum absolute atomic E-state index is 0.0740. The van der Waals surface area contributed by atoms with Gasteiger partial charge in [-0.1, -0.05) is 41.9 Å². The van der Waals surface area contributed by atoms with Crippen LogP contribution in [0.5, 0.6) is 0 Å². The molecule has 8 heteroatoms. The standard InChI is InChI=1S/C17H16ClNO5S/c1-2-24-16(20)11-19-25(22,23)15-9-8-13(18)10-14(15)17(21)12-6-4-3-5-7-12/h3-10,19H,2,11H2,1H3. The SMILES string of the molecule is CCOC(=O)CNS(=O)(=O)c1ccc(Cl)cc1C(=O)c1ccccc1. The number of nitrogens with one attached hydrogen (secondary N) is 1. The number of halogens is 1. The van der Waals surface area contributed by atoms with E-state index in [9.17, 15) is 18.0 Å². The van der Waals surface area contributed by atoms with Gasteiger partial charge in [0.05, 0.1) is 11.5 Å². The third-order valence-electron chi connectivity index (χ3n) is 3.22. The highest BCUT2D eigenvalue weighted by molar-refractivity contribution is 7.89. The third-order valence-corrected chi connectivity index (χ3v) is 4.92. The number of ketones is 1. The number of esters is 1. The molecule has 0 aliphatic carbocycles. The molecule has 0 aliphatic heterocycles. The van der Waals surface area contributed by atoms with Crippen molar-refractivity contribution in [1.82, 2.24) is 4.72 Å². The molecule has 0 aliphatic rings. The van der Waals surface area contributed by atoms with Crippen LogP contribution < -0.4 is 4.72 Å². The van der Waals surface area contributed by atoms with E-state index in [1.165, 1.54) is 18.2 Å². The van der Waals surface area contributed by atoms with Gasteiger partial charge in [0, 0.05) is 16.1 Å². The minimum Gasteiger partial charge on any atom is -0.465 e. The first-order chi connectivity index (χ1) is 11.8. The summed E-state index contributed by atoms with van der Waals surface area (Å²) >= 11 is 5.93. The van der Waals surface area contributed by atoms with Crippen LogP contribution in [0.3, 0.4) is 0 Å². The molecule has 0 saturated heterocycles. The fraction of sp³-hybridized carbons (Fsp3) is 0.176. The second-order valence-corrected chi connectivity index (χ2v) is 7.14. The zero-order valence-corrected chi connectivity index (χ0v) is 14.9. The molecule has 0 aromatic heterocycles. The van der Waals surface area contributed by atoms with Gasteiger partial charge in [-0.25, -0.2) is 8.42 Å². The molecule has 6 nitrogen and oxygen atoms in total. The molecule has 0 radical (unpaired) electrons. The second-order valence-electron chi connectivity index (χ2n) is 4.97. The zero-order valence-electron chi connectivity index (χ0n) is 13.4. The van der Waals surface area contributed by atoms with E-state index in [-0.39, 0.29) is 22.1 Å². The van der Waals surface area contributed by atoms with Crippen LogP contribution in [-0.2, 0) is 19.6 Å². The number of ether oxygens (including phenoxy) is 1. The van der Waals surface area contributed by atoms with Gasteiger partial charge in [-0.3, -0.25) is 9.59 Å². The van der Waals surface area contributed by atoms with Gasteiger partial charge in [-0.2, -0.15) is 4.72 Å². The number of hydrogen-bond acceptors (Lipinski definition) is 5. The fourth-order valence-corrected chi connectivity index (χ4v) is 3.43. The Labute approximate surface area is 150 Å². The summed E-state index contributed by atoms with van der Waals surface area (Å²) in [5.74, 6) is -1.20. The molecule has 0 atom stereocenters. The van der Waals surface area contributed by atoms with Gasteiger partial charge in [0.25, 0.3) is 0 Å². The normalized spacial score (nSPS) is 11.1. The van der Waals surface area contributed by atoms with E-state index in [4.69, 9.17) is 11.6 Å². The maximum Gasteiger partial charge on any atom is 0.321 e. The molecule has 0 amide bonds. The van der Waals surface area contributed by atoms with E-state index in [2.05, 4.69) is 9.46 Å². The summed E-state index contributed by atoms with van der Waals surface area (Å²) in [4.78, 5) is 23.8. The van der Waals surface area contributed by atoms with E-state index in [0.29, 0.717) is 5.56 Å². The van der Waals surface area contributed by atoms with Crippen molar-refractivity contribution in [1.29, 1.82) is 0 Å². The van der Waals surface area contributed by atoms with Crippen LogP contribution in [0.4, 0.5) is 0 Å². The molecule has 0 unspecified atom stereocenters. The molecule has 2 aromatic carbocycles. The molecule has 25 heavy (non-hydrogen) atoms. The third kappa shape index (κ3) is 4.88. The summed E-state index contributed by atoms with van der Waals surface area (Å²) in [6.07, 6.45) is 0. The molecular weight excluding hydrogens is 366 g/mol. The van der Waals surface area contributed by atoms with E-state index < -0.39 is 28.3 Å². The zero-order chi connectivity index (χ0) is 18.4. The van der Waals surface area contributed by atoms with Crippen LogP contribution in [0.25, 0.3) is 0 Å². The number of rotatable bonds is 7. The maximum atomic E-state index is 12.7. The van der Waals surface area contributed by atoms with Gasteiger partial charge in [-0.15, -0.1) is 0 Å². The average molecular weight is 382 g/mol. The van der Waals surface area contributed by atoms with Crippen LogP contribution in [0, 0.1) is 0 Å². The number of benzene rings is 2. The Bertz CT molecular complexity index is 881. The lowest BCUT2D eigenvalue weighted by Gasteiger charge is -2.11. The van der Waals surface area contributed by atoms with Crippen LogP contribution in [0.1, 0.15) is 22.8 Å². The Balaban J connectivity index is 2.38. The Morgan fingerprint density at radius 1 is 1.12 bits per heavy atom. The summed E-state index contributed by atoms with van der Waals surface area (Å²) in [6.45, 7) is 1.22. The Morgan fingerprint density at radius 3 is 2.44 bits per heavy atom. The van der Waals surface area contributed by atoms with Gasteiger partial charge in [0.1, 0.15) is 6.54 Å². The van der Waals surface area contributed by atoms with Crippen molar-refractivity contribution in [3.05, 3.63) is 64.7 Å². The Hall–Kier alpha value is -2.22. The number of carbonyl (C=O) groups excluding carboxylic acids is 2. The Morgan fingerprint density at radius 2 is 1.80 bits per heavy atom. The van der Waals surface area contributed by atoms with Crippen LogP contribution in [-0.4, -0.2) is 33.3 Å². The topological polar surface area (TPSA) is 89.5 Å². The lowest BCUT2D eigenvalue weighted by atomic mass is 10.0.